The number of aliphatic hydroxyl groups is 1. The molecule has 0 bridgehead atoms. The van der Waals surface area contributed by atoms with Crippen molar-refractivity contribution in [1.82, 2.24) is 9.78 Å². The Bertz CT molecular complexity index is 879. The van der Waals surface area contributed by atoms with E-state index in [1.807, 2.05) is 0 Å². The molecular formula is C20H22F3N3O3. The Morgan fingerprint density at radius 1 is 1.34 bits per heavy atom. The van der Waals surface area contributed by atoms with E-state index < -0.39 is 23.6 Å². The summed E-state index contributed by atoms with van der Waals surface area (Å²) in [5, 5.41) is 15.7. The predicted molar refractivity (Wildman–Crippen MR) is 99.1 cm³/mol. The molecule has 1 saturated carbocycles. The van der Waals surface area contributed by atoms with Crippen molar-refractivity contribution in [3.05, 3.63) is 47.7 Å². The summed E-state index contributed by atoms with van der Waals surface area (Å²) in [5.74, 6) is -0.988. The van der Waals surface area contributed by atoms with Gasteiger partial charge in [-0.05, 0) is 30.4 Å². The summed E-state index contributed by atoms with van der Waals surface area (Å²) in [6, 6.07) is 6.30. The lowest BCUT2D eigenvalue weighted by Gasteiger charge is -2.21. The number of nitrogens with one attached hydrogen (secondary N) is 1. The summed E-state index contributed by atoms with van der Waals surface area (Å²) in [7, 11) is 0. The van der Waals surface area contributed by atoms with Gasteiger partial charge in [0.15, 0.2) is 5.82 Å². The van der Waals surface area contributed by atoms with E-state index in [1.165, 1.54) is 16.8 Å². The Labute approximate surface area is 165 Å². The van der Waals surface area contributed by atoms with Crippen LogP contribution in [0.15, 0.2) is 36.5 Å². The first-order valence-electron chi connectivity index (χ1n) is 9.40. The van der Waals surface area contributed by atoms with Gasteiger partial charge < -0.3 is 10.4 Å². The van der Waals surface area contributed by atoms with Crippen LogP contribution in [0.1, 0.15) is 42.7 Å². The van der Waals surface area contributed by atoms with Crippen molar-refractivity contribution < 1.29 is 27.9 Å². The molecule has 1 aliphatic carbocycles. The van der Waals surface area contributed by atoms with Crippen LogP contribution in [-0.4, -0.2) is 33.2 Å². The molecule has 3 rings (SSSR count). The summed E-state index contributed by atoms with van der Waals surface area (Å²) in [6.07, 6.45) is -1.23. The average molecular weight is 409 g/mol. The zero-order valence-corrected chi connectivity index (χ0v) is 15.7. The molecule has 0 saturated heterocycles. The van der Waals surface area contributed by atoms with Crippen molar-refractivity contribution in [3.8, 4) is 0 Å². The molecule has 1 aliphatic rings. The highest BCUT2D eigenvalue weighted by molar-refractivity contribution is 5.95. The summed E-state index contributed by atoms with van der Waals surface area (Å²) in [6.45, 7) is 0.148. The van der Waals surface area contributed by atoms with E-state index in [4.69, 9.17) is 5.11 Å². The lowest BCUT2D eigenvalue weighted by Crippen LogP contribution is -2.24. The fourth-order valence-corrected chi connectivity index (χ4v) is 3.62. The Morgan fingerprint density at radius 2 is 2.14 bits per heavy atom. The molecule has 1 aromatic carbocycles. The molecule has 0 radical (unpaired) electrons. The second-order valence-electron chi connectivity index (χ2n) is 7.24. The number of Topliss-reactive ketones (excluding diaryl/α,β-unsaturated/α-hetero) is 1. The smallest absolute Gasteiger partial charge is 0.394 e. The van der Waals surface area contributed by atoms with E-state index in [-0.39, 0.29) is 42.7 Å². The van der Waals surface area contributed by atoms with E-state index in [9.17, 15) is 22.8 Å². The van der Waals surface area contributed by atoms with Gasteiger partial charge in [-0.3, -0.25) is 14.3 Å². The normalized spacial score (nSPS) is 18.1. The minimum atomic E-state index is -4.51. The molecule has 1 heterocycles. The number of alkyl halides is 3. The number of aliphatic hydroxyl groups excluding tert-OH is 1. The number of benzene rings is 1. The molecule has 1 aromatic heterocycles. The molecule has 2 aromatic rings. The molecule has 0 spiro atoms. The maximum Gasteiger partial charge on any atom is 0.416 e. The van der Waals surface area contributed by atoms with Crippen LogP contribution in [0.25, 0.3) is 0 Å². The lowest BCUT2D eigenvalue weighted by molar-refractivity contribution is -0.137. The summed E-state index contributed by atoms with van der Waals surface area (Å²) in [4.78, 5) is 24.5. The molecule has 29 heavy (non-hydrogen) atoms. The van der Waals surface area contributed by atoms with Gasteiger partial charge >= 0.3 is 6.18 Å². The second-order valence-corrected chi connectivity index (χ2v) is 7.24. The Hall–Kier alpha value is -2.68. The monoisotopic (exact) mass is 409 g/mol. The van der Waals surface area contributed by atoms with Gasteiger partial charge in [0.2, 0.25) is 5.91 Å². The Kier molecular flexibility index (Phi) is 6.36. The van der Waals surface area contributed by atoms with E-state index in [0.717, 1.165) is 12.1 Å². The number of carbonyl (C=O) groups is 2. The minimum Gasteiger partial charge on any atom is -0.394 e. The number of ketones is 1. The molecule has 1 amide bonds. The summed E-state index contributed by atoms with van der Waals surface area (Å²) >= 11 is 0. The third-order valence-corrected chi connectivity index (χ3v) is 5.07. The fraction of sp³-hybridized carbons (Fsp3) is 0.450. The van der Waals surface area contributed by atoms with E-state index in [2.05, 4.69) is 10.4 Å². The van der Waals surface area contributed by atoms with Gasteiger partial charge in [0.1, 0.15) is 5.78 Å². The third kappa shape index (κ3) is 5.44. The molecule has 156 valence electrons. The summed E-state index contributed by atoms with van der Waals surface area (Å²) in [5.41, 5.74) is -0.561. The summed E-state index contributed by atoms with van der Waals surface area (Å²) < 4.78 is 40.8. The predicted octanol–water partition coefficient (Wildman–Crippen LogP) is 3.38. The second kappa shape index (κ2) is 8.77. The van der Waals surface area contributed by atoms with Gasteiger partial charge in [-0.25, -0.2) is 0 Å². The SMILES string of the molecule is O=C1CC[C@H](CC(C(=O)Nc2ccn(CCO)n2)c2cccc(C(F)(F)F)c2)C1. The first kappa shape index (κ1) is 21.0. The van der Waals surface area contributed by atoms with Crippen LogP contribution >= 0.6 is 0 Å². The number of hydrogen-bond acceptors (Lipinski definition) is 4. The number of rotatable bonds is 7. The average Bonchev–Trinajstić information content (AvgIpc) is 3.28. The van der Waals surface area contributed by atoms with Gasteiger partial charge in [0.05, 0.1) is 24.6 Å². The van der Waals surface area contributed by atoms with Gasteiger partial charge in [-0.1, -0.05) is 18.2 Å². The highest BCUT2D eigenvalue weighted by Crippen LogP contribution is 2.36. The zero-order valence-electron chi connectivity index (χ0n) is 15.7. The quantitative estimate of drug-likeness (QED) is 0.734. The van der Waals surface area contributed by atoms with Crippen LogP contribution in [0.4, 0.5) is 19.0 Å². The first-order chi connectivity index (χ1) is 13.8. The first-order valence-corrected chi connectivity index (χ1v) is 9.40. The van der Waals surface area contributed by atoms with E-state index >= 15 is 0 Å². The van der Waals surface area contributed by atoms with Crippen molar-refractivity contribution in [2.75, 3.05) is 11.9 Å². The van der Waals surface area contributed by atoms with Gasteiger partial charge in [0.25, 0.3) is 0 Å². The Balaban J connectivity index is 1.83. The zero-order chi connectivity index (χ0) is 21.0. The van der Waals surface area contributed by atoms with Crippen LogP contribution in [-0.2, 0) is 22.3 Å². The molecular weight excluding hydrogens is 387 g/mol. The highest BCUT2D eigenvalue weighted by atomic mass is 19.4. The molecule has 6 nitrogen and oxygen atoms in total. The fourth-order valence-electron chi connectivity index (χ4n) is 3.62. The third-order valence-electron chi connectivity index (χ3n) is 5.07. The lowest BCUT2D eigenvalue weighted by atomic mass is 9.86. The van der Waals surface area contributed by atoms with E-state index in [1.54, 1.807) is 12.3 Å². The van der Waals surface area contributed by atoms with Crippen molar-refractivity contribution in [3.63, 3.8) is 0 Å². The minimum absolute atomic E-state index is 0.0419. The molecule has 2 atom stereocenters. The van der Waals surface area contributed by atoms with Crippen molar-refractivity contribution >= 4 is 17.5 Å². The van der Waals surface area contributed by atoms with E-state index in [0.29, 0.717) is 19.3 Å². The number of halogens is 3. The van der Waals surface area contributed by atoms with Crippen LogP contribution in [0.2, 0.25) is 0 Å². The van der Waals surface area contributed by atoms with Crippen molar-refractivity contribution in [2.24, 2.45) is 5.92 Å². The van der Waals surface area contributed by atoms with Crippen LogP contribution in [0.5, 0.6) is 0 Å². The molecule has 1 fully saturated rings. The largest absolute Gasteiger partial charge is 0.416 e. The number of amides is 1. The Morgan fingerprint density at radius 3 is 2.79 bits per heavy atom. The maximum absolute atomic E-state index is 13.1. The number of aromatic nitrogens is 2. The maximum atomic E-state index is 13.1. The van der Waals surface area contributed by atoms with Crippen molar-refractivity contribution in [2.45, 2.75) is 44.3 Å². The van der Waals surface area contributed by atoms with Crippen LogP contribution in [0.3, 0.4) is 0 Å². The molecule has 1 unspecified atom stereocenters. The van der Waals surface area contributed by atoms with Crippen molar-refractivity contribution in [1.29, 1.82) is 0 Å². The molecule has 2 N–H and O–H groups in total. The number of anilines is 1. The van der Waals surface area contributed by atoms with Gasteiger partial charge in [-0.2, -0.15) is 18.3 Å². The topological polar surface area (TPSA) is 84.2 Å². The van der Waals surface area contributed by atoms with Crippen LogP contribution in [0, 0.1) is 5.92 Å². The van der Waals surface area contributed by atoms with Gasteiger partial charge in [0, 0.05) is 25.1 Å². The van der Waals surface area contributed by atoms with Gasteiger partial charge in [-0.15, -0.1) is 0 Å². The number of carbonyl (C=O) groups excluding carboxylic acids is 2. The molecule has 9 heteroatoms. The standard InChI is InChI=1S/C20H22F3N3O3/c21-20(22,23)15-3-1-2-14(12-15)17(11-13-4-5-16(28)10-13)19(29)24-18-6-7-26(25-18)8-9-27/h1-3,6-7,12-13,17,27H,4-5,8-11H2,(H,24,25,29)/t13-,17?/m0/s1. The molecule has 0 aliphatic heterocycles. The van der Waals surface area contributed by atoms with Crippen LogP contribution < -0.4 is 5.32 Å². The highest BCUT2D eigenvalue weighted by Gasteiger charge is 2.34. The number of nitrogens with zero attached hydrogens (tertiary/aromatic N) is 2. The number of hydrogen-bond donors (Lipinski definition) is 2.